The number of hydrogen-bond acceptors (Lipinski definition) is 9. The lowest BCUT2D eigenvalue weighted by molar-refractivity contribution is -0.146. The van der Waals surface area contributed by atoms with Gasteiger partial charge in [0, 0.05) is 29.7 Å². The molecule has 0 aromatic carbocycles. The first-order valence-corrected chi connectivity index (χ1v) is 33.8. The van der Waals surface area contributed by atoms with Crippen LogP contribution < -0.4 is 10.6 Å². The number of aliphatic hydroxyl groups is 1. The zero-order valence-corrected chi connectivity index (χ0v) is 52.0. The molecule has 14 rings (SSSR count). The van der Waals surface area contributed by atoms with Gasteiger partial charge in [-0.05, 0) is 256 Å². The molecular formula is C68H108ClN3O8. The van der Waals surface area contributed by atoms with Crippen LogP contribution in [0.5, 0.6) is 0 Å². The Hall–Kier alpha value is -2.42. The summed E-state index contributed by atoms with van der Waals surface area (Å²) in [5.74, 6) is 23.7. The van der Waals surface area contributed by atoms with Crippen LogP contribution in [0.2, 0.25) is 0 Å². The first-order chi connectivity index (χ1) is 38.3. The van der Waals surface area contributed by atoms with Crippen LogP contribution in [-0.4, -0.2) is 80.4 Å². The highest BCUT2D eigenvalue weighted by molar-refractivity contribution is 6.21. The number of nitriles is 1. The molecule has 14 bridgehead atoms. The van der Waals surface area contributed by atoms with Gasteiger partial charge in [0.25, 0.3) is 0 Å². The fraction of sp³-hybridized carbons (Fsp3) is 0.926. The van der Waals surface area contributed by atoms with Crippen molar-refractivity contribution < 1.29 is 38.5 Å². The number of alkyl halides is 1. The highest BCUT2D eigenvalue weighted by Gasteiger charge is 2.68. The van der Waals surface area contributed by atoms with Gasteiger partial charge >= 0.3 is 11.9 Å². The quantitative estimate of drug-likeness (QED) is 0.0747. The summed E-state index contributed by atoms with van der Waals surface area (Å²) in [6, 6.07) is 2.45. The van der Waals surface area contributed by atoms with Gasteiger partial charge < -0.3 is 30.0 Å². The number of carbonyl (C=O) groups excluding carboxylic acids is 4. The summed E-state index contributed by atoms with van der Waals surface area (Å²) in [6.07, 6.45) is 17.1. The fourth-order valence-corrected chi connectivity index (χ4v) is 23.6. The number of rotatable bonds is 12. The van der Waals surface area contributed by atoms with Crippen molar-refractivity contribution in [2.24, 2.45) is 183 Å². The van der Waals surface area contributed by atoms with Crippen molar-refractivity contribution >= 4 is 35.4 Å². The Balaban J connectivity index is 0.000000121. The molecule has 12 heteroatoms. The van der Waals surface area contributed by atoms with Gasteiger partial charge in [0.05, 0.1) is 19.3 Å². The highest BCUT2D eigenvalue weighted by Crippen LogP contribution is 2.73. The van der Waals surface area contributed by atoms with E-state index < -0.39 is 5.97 Å². The first kappa shape index (κ1) is 60.7. The summed E-state index contributed by atoms with van der Waals surface area (Å²) in [5.41, 5.74) is 0. The van der Waals surface area contributed by atoms with Crippen LogP contribution in [0.1, 0.15) is 160 Å². The molecule has 14 aliphatic carbocycles. The lowest BCUT2D eigenvalue weighted by Gasteiger charge is -2.43. The maximum Gasteiger partial charge on any atom is 0.325 e. The molecule has 14 saturated carbocycles. The lowest BCUT2D eigenvalue weighted by atomic mass is 9.62. The van der Waals surface area contributed by atoms with Crippen molar-refractivity contribution in [2.75, 3.05) is 46.1 Å². The fourth-order valence-electron chi connectivity index (χ4n) is 23.1. The summed E-state index contributed by atoms with van der Waals surface area (Å²) >= 11 is 6.17. The predicted molar refractivity (Wildman–Crippen MR) is 312 cm³/mol. The van der Waals surface area contributed by atoms with E-state index in [9.17, 15) is 19.2 Å². The van der Waals surface area contributed by atoms with Crippen LogP contribution in [0.15, 0.2) is 0 Å². The van der Waals surface area contributed by atoms with E-state index in [4.69, 9.17) is 36.2 Å². The van der Waals surface area contributed by atoms with Crippen LogP contribution in [0.25, 0.3) is 0 Å². The Morgan fingerprint density at radius 1 is 0.463 bits per heavy atom. The molecule has 2 amide bonds. The molecule has 0 spiro atoms. The minimum atomic E-state index is -0.471. The molecule has 0 heterocycles. The van der Waals surface area contributed by atoms with Crippen molar-refractivity contribution in [1.29, 1.82) is 5.26 Å². The molecule has 0 aromatic rings. The maximum absolute atomic E-state index is 12.7. The molecule has 80 heavy (non-hydrogen) atoms. The molecule has 0 radical (unpaired) electrons. The van der Waals surface area contributed by atoms with Gasteiger partial charge in [-0.2, -0.15) is 5.26 Å². The average molecular weight is 1130 g/mol. The molecule has 450 valence electrons. The standard InChI is InChI=1S/C21H33NO4.C19H29NO4.C10H15N.C9H15Cl.C9H16/c1-4-25-5-6-26-18(23)10-22-21(24)17-8-13-7-16(17)20-15-9-14(19(13)20)11(2)12(15)3;1-9-10(2)13-7-12(9)17-11-5-14(18(13)17)15(6-11)19(23)20-8-16(22)24-4-3-21;1-6-7(2)10-4-8(6)3-9(10)5-11;1-5-6(2)8-3-7(5)4-9(8)10;1-6-7(2)9-4-3-8(6)5-9/h11-17,19-20H,4-10H2,1-3H3,(H,22,24);9-15,17-18,21H,3-8H2,1-2H3,(H,20,23);6-10H,3-4H2,1-2H3;5-9H,3-4H2,1-2H3;6-9H,3-5H2,1-2H3. The van der Waals surface area contributed by atoms with Crippen LogP contribution in [0, 0.1) is 195 Å². The lowest BCUT2D eigenvalue weighted by Crippen LogP contribution is -2.44. The Morgan fingerprint density at radius 2 is 0.875 bits per heavy atom. The number of esters is 2. The van der Waals surface area contributed by atoms with E-state index >= 15 is 0 Å². The molecule has 14 aliphatic rings. The normalized spacial score (nSPS) is 50.2. The van der Waals surface area contributed by atoms with Gasteiger partial charge in [-0.15, -0.1) is 11.6 Å². The van der Waals surface area contributed by atoms with E-state index in [0.29, 0.717) is 36.3 Å². The molecule has 11 nitrogen and oxygen atoms in total. The van der Waals surface area contributed by atoms with Crippen molar-refractivity contribution in [2.45, 2.75) is 165 Å². The van der Waals surface area contributed by atoms with E-state index in [1.807, 2.05) is 6.92 Å². The molecule has 14 fully saturated rings. The molecular weight excluding hydrogens is 1020 g/mol. The molecule has 0 aromatic heterocycles. The Bertz CT molecular complexity index is 2200. The van der Waals surface area contributed by atoms with Crippen molar-refractivity contribution in [3.63, 3.8) is 0 Å². The average Bonchev–Trinajstić information content (AvgIpc) is 4.47. The zero-order valence-electron chi connectivity index (χ0n) is 51.2. The van der Waals surface area contributed by atoms with Gasteiger partial charge in [-0.25, -0.2) is 0 Å². The molecule has 32 atom stereocenters. The second-order valence-corrected chi connectivity index (χ2v) is 30.8. The predicted octanol–water partition coefficient (Wildman–Crippen LogP) is 12.0. The van der Waals surface area contributed by atoms with Crippen LogP contribution in [0.4, 0.5) is 0 Å². The minimum absolute atomic E-state index is 0.00821. The molecule has 0 aliphatic heterocycles. The first-order valence-electron chi connectivity index (χ1n) is 33.4. The van der Waals surface area contributed by atoms with E-state index in [0.717, 1.165) is 167 Å². The second kappa shape index (κ2) is 25.3. The number of nitrogens with zero attached hydrogens (tertiary/aromatic N) is 1. The number of fused-ring (bicyclic) bond motifs is 24. The summed E-state index contributed by atoms with van der Waals surface area (Å²) in [7, 11) is 0. The van der Waals surface area contributed by atoms with E-state index in [-0.39, 0.29) is 62.5 Å². The largest absolute Gasteiger partial charge is 0.462 e. The van der Waals surface area contributed by atoms with Gasteiger partial charge in [0.2, 0.25) is 11.8 Å². The van der Waals surface area contributed by atoms with E-state index in [1.165, 1.54) is 64.2 Å². The summed E-state index contributed by atoms with van der Waals surface area (Å²) in [4.78, 5) is 48.6. The van der Waals surface area contributed by atoms with Gasteiger partial charge in [0.1, 0.15) is 26.3 Å². The summed E-state index contributed by atoms with van der Waals surface area (Å²) in [6.45, 7) is 26.9. The number of amides is 2. The third-order valence-corrected chi connectivity index (χ3v) is 28.4. The molecule has 32 unspecified atom stereocenters. The number of hydrogen-bond donors (Lipinski definition) is 3. The van der Waals surface area contributed by atoms with Crippen LogP contribution in [-0.2, 0) is 33.4 Å². The van der Waals surface area contributed by atoms with Crippen LogP contribution >= 0.6 is 11.6 Å². The third kappa shape index (κ3) is 11.3. The van der Waals surface area contributed by atoms with Crippen LogP contribution in [0.3, 0.4) is 0 Å². The van der Waals surface area contributed by atoms with Gasteiger partial charge in [-0.3, -0.25) is 19.2 Å². The minimum Gasteiger partial charge on any atom is -0.462 e. The Kier molecular flexibility index (Phi) is 19.2. The Morgan fingerprint density at radius 3 is 1.26 bits per heavy atom. The van der Waals surface area contributed by atoms with Gasteiger partial charge in [-0.1, -0.05) is 69.2 Å². The van der Waals surface area contributed by atoms with Gasteiger partial charge in [0.15, 0.2) is 0 Å². The number of carbonyl (C=O) groups is 4. The second-order valence-electron chi connectivity index (χ2n) is 30.2. The molecule has 0 saturated heterocycles. The number of aliphatic hydroxyl groups excluding tert-OH is 1. The van der Waals surface area contributed by atoms with Crippen molar-refractivity contribution in [1.82, 2.24) is 10.6 Å². The topological polar surface area (TPSA) is 164 Å². The number of ether oxygens (including phenoxy) is 3. The van der Waals surface area contributed by atoms with Crippen molar-refractivity contribution in [3.05, 3.63) is 0 Å². The van der Waals surface area contributed by atoms with E-state index in [1.54, 1.807) is 6.42 Å². The van der Waals surface area contributed by atoms with Crippen molar-refractivity contribution in [3.8, 4) is 6.07 Å². The smallest absolute Gasteiger partial charge is 0.325 e. The number of halogens is 1. The monoisotopic (exact) mass is 1130 g/mol. The zero-order chi connectivity index (χ0) is 57.2. The summed E-state index contributed by atoms with van der Waals surface area (Å²) in [5, 5.41) is 23.6. The number of nitrogens with one attached hydrogen (secondary N) is 2. The maximum atomic E-state index is 12.7. The molecule has 3 N–H and O–H groups in total. The Labute approximate surface area is 488 Å². The highest BCUT2D eigenvalue weighted by atomic mass is 35.5. The third-order valence-electron chi connectivity index (χ3n) is 27.9. The summed E-state index contributed by atoms with van der Waals surface area (Å²) < 4.78 is 15.0. The SMILES string of the molecule is CC1C(C)C2CC1C1C3CC(C(=O)NCC(=O)OCCO)C(C3)C21.CC1C2CC(C#N)C(C2)C1C.CC1C2CC(Cl)C(C2)C1C.CC1C2CCC(C2)C1C.CCOCCOC(=O)CNC(=O)C1CC2CC1C1C3CC(C(C)C3C)C21. The van der Waals surface area contributed by atoms with E-state index in [2.05, 4.69) is 85.9 Å².